The van der Waals surface area contributed by atoms with E-state index in [2.05, 4.69) is 20.7 Å². The SMILES string of the molecule is COC(=O)c1c(N)c(C=N)cc(Br)c1Cl. The van der Waals surface area contributed by atoms with E-state index in [4.69, 9.17) is 22.7 Å². The molecule has 4 nitrogen and oxygen atoms in total. The first kappa shape index (κ1) is 12.0. The zero-order valence-corrected chi connectivity index (χ0v) is 10.1. The van der Waals surface area contributed by atoms with Gasteiger partial charge in [0.05, 0.1) is 17.8 Å². The van der Waals surface area contributed by atoms with Crippen molar-refractivity contribution in [1.82, 2.24) is 0 Å². The quantitative estimate of drug-likeness (QED) is 0.499. The number of carbonyl (C=O) groups excluding carboxylic acids is 1. The Labute approximate surface area is 100.0 Å². The van der Waals surface area contributed by atoms with Gasteiger partial charge in [0.15, 0.2) is 0 Å². The fourth-order valence-corrected chi connectivity index (χ4v) is 1.76. The Morgan fingerprint density at radius 2 is 2.33 bits per heavy atom. The van der Waals surface area contributed by atoms with E-state index in [1.807, 2.05) is 0 Å². The first-order valence-corrected chi connectivity index (χ1v) is 5.06. The lowest BCUT2D eigenvalue weighted by Crippen LogP contribution is -2.09. The molecule has 0 saturated heterocycles. The molecule has 0 spiro atoms. The first-order valence-electron chi connectivity index (χ1n) is 3.89. The number of nitrogens with one attached hydrogen (secondary N) is 1. The topological polar surface area (TPSA) is 76.2 Å². The van der Waals surface area contributed by atoms with E-state index in [1.165, 1.54) is 7.11 Å². The monoisotopic (exact) mass is 290 g/mol. The first-order chi connectivity index (χ1) is 7.02. The fraction of sp³-hybridized carbons (Fsp3) is 0.111. The molecule has 80 valence electrons. The van der Waals surface area contributed by atoms with Crippen LogP contribution in [0.15, 0.2) is 10.5 Å². The highest BCUT2D eigenvalue weighted by Crippen LogP contribution is 2.33. The molecule has 0 aliphatic carbocycles. The van der Waals surface area contributed by atoms with Crippen molar-refractivity contribution < 1.29 is 9.53 Å². The zero-order valence-electron chi connectivity index (χ0n) is 7.80. The van der Waals surface area contributed by atoms with Gasteiger partial charge in [-0.1, -0.05) is 11.6 Å². The Kier molecular flexibility index (Phi) is 3.71. The van der Waals surface area contributed by atoms with Gasteiger partial charge in [-0.25, -0.2) is 4.79 Å². The molecule has 0 aromatic heterocycles. The summed E-state index contributed by atoms with van der Waals surface area (Å²) in [6.07, 6.45) is 1.04. The number of hydrogen-bond donors (Lipinski definition) is 2. The molecular weight excluding hydrogens is 283 g/mol. The second-order valence-electron chi connectivity index (χ2n) is 2.69. The molecule has 0 radical (unpaired) electrons. The Morgan fingerprint density at radius 1 is 1.73 bits per heavy atom. The van der Waals surface area contributed by atoms with Gasteiger partial charge in [-0.15, -0.1) is 0 Å². The molecule has 15 heavy (non-hydrogen) atoms. The normalized spacial score (nSPS) is 9.80. The van der Waals surface area contributed by atoms with Crippen LogP contribution in [-0.2, 0) is 4.74 Å². The van der Waals surface area contributed by atoms with Gasteiger partial charge >= 0.3 is 5.97 Å². The maximum atomic E-state index is 11.4. The van der Waals surface area contributed by atoms with E-state index < -0.39 is 5.97 Å². The lowest BCUT2D eigenvalue weighted by atomic mass is 10.1. The van der Waals surface area contributed by atoms with Crippen LogP contribution in [0.3, 0.4) is 0 Å². The molecule has 0 fully saturated rings. The van der Waals surface area contributed by atoms with Crippen LogP contribution in [0, 0.1) is 5.41 Å². The van der Waals surface area contributed by atoms with Gasteiger partial charge in [0.25, 0.3) is 0 Å². The third-order valence-electron chi connectivity index (χ3n) is 1.84. The molecule has 0 bridgehead atoms. The lowest BCUT2D eigenvalue weighted by molar-refractivity contribution is 0.0602. The number of anilines is 1. The van der Waals surface area contributed by atoms with Gasteiger partial charge in [0, 0.05) is 16.3 Å². The summed E-state index contributed by atoms with van der Waals surface area (Å²) in [6, 6.07) is 1.57. The average molecular weight is 292 g/mol. The van der Waals surface area contributed by atoms with Crippen LogP contribution in [0.4, 0.5) is 5.69 Å². The van der Waals surface area contributed by atoms with Gasteiger partial charge < -0.3 is 15.9 Å². The van der Waals surface area contributed by atoms with E-state index in [9.17, 15) is 4.79 Å². The third-order valence-corrected chi connectivity index (χ3v) is 3.08. The van der Waals surface area contributed by atoms with Crippen LogP contribution >= 0.6 is 27.5 Å². The summed E-state index contributed by atoms with van der Waals surface area (Å²) >= 11 is 9.07. The number of nitrogens with two attached hydrogens (primary N) is 1. The van der Waals surface area contributed by atoms with Crippen molar-refractivity contribution in [1.29, 1.82) is 5.41 Å². The highest BCUT2D eigenvalue weighted by Gasteiger charge is 2.19. The number of ether oxygens (including phenoxy) is 1. The van der Waals surface area contributed by atoms with Crippen molar-refractivity contribution in [2.75, 3.05) is 12.8 Å². The van der Waals surface area contributed by atoms with Crippen molar-refractivity contribution in [3.8, 4) is 0 Å². The molecule has 1 aromatic rings. The number of esters is 1. The summed E-state index contributed by atoms with van der Waals surface area (Å²) in [7, 11) is 1.24. The van der Waals surface area contributed by atoms with Gasteiger partial charge in [-0.3, -0.25) is 0 Å². The molecule has 0 aliphatic heterocycles. The van der Waals surface area contributed by atoms with Crippen molar-refractivity contribution in [3.05, 3.63) is 26.7 Å². The second kappa shape index (κ2) is 4.63. The lowest BCUT2D eigenvalue weighted by Gasteiger charge is -2.10. The van der Waals surface area contributed by atoms with Crippen molar-refractivity contribution >= 4 is 45.4 Å². The minimum absolute atomic E-state index is 0.0760. The molecule has 0 unspecified atom stereocenters. The minimum atomic E-state index is -0.623. The van der Waals surface area contributed by atoms with E-state index >= 15 is 0 Å². The number of halogens is 2. The second-order valence-corrected chi connectivity index (χ2v) is 3.92. The summed E-state index contributed by atoms with van der Waals surface area (Å²) in [4.78, 5) is 11.4. The third kappa shape index (κ3) is 2.13. The Hall–Kier alpha value is -1.07. The van der Waals surface area contributed by atoms with Gasteiger partial charge in [-0.05, 0) is 22.0 Å². The Bertz CT molecular complexity index is 435. The van der Waals surface area contributed by atoms with Crippen molar-refractivity contribution in [3.63, 3.8) is 0 Å². The van der Waals surface area contributed by atoms with Gasteiger partial charge in [0.2, 0.25) is 0 Å². The van der Waals surface area contributed by atoms with E-state index in [0.717, 1.165) is 6.21 Å². The summed E-state index contributed by atoms with van der Waals surface area (Å²) in [5, 5.41) is 7.31. The summed E-state index contributed by atoms with van der Waals surface area (Å²) in [5.41, 5.74) is 6.31. The number of hydrogen-bond acceptors (Lipinski definition) is 4. The predicted octanol–water partition coefficient (Wildman–Crippen LogP) is 2.47. The molecule has 3 N–H and O–H groups in total. The van der Waals surface area contributed by atoms with Crippen LogP contribution in [0.5, 0.6) is 0 Å². The number of carbonyl (C=O) groups is 1. The fourth-order valence-electron chi connectivity index (χ4n) is 1.08. The summed E-state index contributed by atoms with van der Waals surface area (Å²) in [6.45, 7) is 0. The molecule has 0 atom stereocenters. The van der Waals surface area contributed by atoms with Crippen molar-refractivity contribution in [2.45, 2.75) is 0 Å². The van der Waals surface area contributed by atoms with Crippen LogP contribution in [-0.4, -0.2) is 19.3 Å². The van der Waals surface area contributed by atoms with Crippen LogP contribution in [0.1, 0.15) is 15.9 Å². The van der Waals surface area contributed by atoms with Crippen LogP contribution < -0.4 is 5.73 Å². The maximum Gasteiger partial charge on any atom is 0.341 e. The zero-order chi connectivity index (χ0) is 11.6. The maximum absolute atomic E-state index is 11.4. The molecule has 0 saturated carbocycles. The van der Waals surface area contributed by atoms with E-state index in [0.29, 0.717) is 10.0 Å². The molecule has 0 heterocycles. The molecule has 1 aromatic carbocycles. The summed E-state index contributed by atoms with van der Waals surface area (Å²) < 4.78 is 5.05. The predicted molar refractivity (Wildman–Crippen MR) is 62.8 cm³/mol. The number of methoxy groups -OCH3 is 1. The van der Waals surface area contributed by atoms with Crippen molar-refractivity contribution in [2.24, 2.45) is 0 Å². The molecule has 6 heteroatoms. The molecule has 1 rings (SSSR count). The Balaban J connectivity index is 3.54. The molecule has 0 aliphatic rings. The Morgan fingerprint density at radius 3 is 2.80 bits per heavy atom. The number of benzene rings is 1. The van der Waals surface area contributed by atoms with Crippen LogP contribution in [0.2, 0.25) is 5.02 Å². The van der Waals surface area contributed by atoms with Gasteiger partial charge in [0.1, 0.15) is 5.56 Å². The highest BCUT2D eigenvalue weighted by atomic mass is 79.9. The average Bonchev–Trinajstić information content (AvgIpc) is 2.23. The smallest absolute Gasteiger partial charge is 0.341 e. The molecular formula is C9H8BrClN2O2. The number of nitrogen functional groups attached to an aromatic ring is 1. The molecule has 0 amide bonds. The van der Waals surface area contributed by atoms with E-state index in [1.54, 1.807) is 6.07 Å². The van der Waals surface area contributed by atoms with Gasteiger partial charge in [-0.2, -0.15) is 0 Å². The van der Waals surface area contributed by atoms with Crippen LogP contribution in [0.25, 0.3) is 0 Å². The summed E-state index contributed by atoms with van der Waals surface area (Å²) in [5.74, 6) is -0.623. The minimum Gasteiger partial charge on any atom is -0.465 e. The number of rotatable bonds is 2. The standard InChI is InChI=1S/C9H8BrClN2O2/c1-15-9(14)6-7(11)5(10)2-4(3-12)8(6)13/h2-3,12H,13H2,1H3. The van der Waals surface area contributed by atoms with E-state index in [-0.39, 0.29) is 16.3 Å². The highest BCUT2D eigenvalue weighted by molar-refractivity contribution is 9.10. The largest absolute Gasteiger partial charge is 0.465 e.